The van der Waals surface area contributed by atoms with E-state index >= 15 is 0 Å². The first-order valence-corrected chi connectivity index (χ1v) is 11.1. The van der Waals surface area contributed by atoms with E-state index in [1.807, 2.05) is 0 Å². The van der Waals surface area contributed by atoms with Crippen LogP contribution in [-0.4, -0.2) is 44.3 Å². The number of urea groups is 1. The van der Waals surface area contributed by atoms with Gasteiger partial charge in [0.2, 0.25) is 5.54 Å². The van der Waals surface area contributed by atoms with Gasteiger partial charge in [0.1, 0.15) is 5.54 Å². The molecule has 0 fully saturated rings. The van der Waals surface area contributed by atoms with Gasteiger partial charge in [-0.2, -0.15) is 5.06 Å². The van der Waals surface area contributed by atoms with Crippen LogP contribution in [0.1, 0.15) is 20.3 Å². The summed E-state index contributed by atoms with van der Waals surface area (Å²) in [5.41, 5.74) is -3.45. The zero-order valence-corrected chi connectivity index (χ0v) is 20.3. The lowest BCUT2D eigenvalue weighted by Gasteiger charge is -2.41. The Balaban J connectivity index is 1.92. The maximum Gasteiger partial charge on any atom is 0.337 e. The Morgan fingerprint density at radius 3 is 2.29 bits per heavy atom. The van der Waals surface area contributed by atoms with Gasteiger partial charge >= 0.3 is 12.0 Å². The van der Waals surface area contributed by atoms with E-state index in [-0.39, 0.29) is 17.2 Å². The van der Waals surface area contributed by atoms with Gasteiger partial charge in [-0.05, 0) is 56.3 Å². The molecule has 184 valence electrons. The van der Waals surface area contributed by atoms with Crippen LogP contribution in [0.2, 0.25) is 10.0 Å². The lowest BCUT2D eigenvalue weighted by Crippen LogP contribution is -2.65. The molecule has 1 atom stereocenters. The summed E-state index contributed by atoms with van der Waals surface area (Å²) >= 11 is 11.9. The molecule has 0 saturated carbocycles. The third-order valence-corrected chi connectivity index (χ3v) is 5.49. The van der Waals surface area contributed by atoms with Crippen LogP contribution in [0.5, 0.6) is 5.75 Å². The highest BCUT2D eigenvalue weighted by Crippen LogP contribution is 2.32. The fraction of sp³-hybridized carbons (Fsp3) is 0.208. The maximum atomic E-state index is 13.7. The van der Waals surface area contributed by atoms with Crippen molar-refractivity contribution in [2.24, 2.45) is 0 Å². The highest BCUT2D eigenvalue weighted by Gasteiger charge is 2.52. The minimum Gasteiger partial charge on any atom is -0.512 e. The van der Waals surface area contributed by atoms with Crippen molar-refractivity contribution in [1.82, 2.24) is 10.4 Å². The minimum absolute atomic E-state index is 0.178. The highest BCUT2D eigenvalue weighted by molar-refractivity contribution is 6.35. The second kappa shape index (κ2) is 10.3. The number of rotatable bonds is 7. The van der Waals surface area contributed by atoms with Crippen LogP contribution in [0, 0.1) is 0 Å². The lowest BCUT2D eigenvalue weighted by molar-refractivity contribution is -0.193. The number of carbonyl (C=O) groups is 3. The summed E-state index contributed by atoms with van der Waals surface area (Å²) in [5, 5.41) is 26.5. The van der Waals surface area contributed by atoms with Crippen molar-refractivity contribution in [1.29, 1.82) is 0 Å². The number of amides is 3. The molecule has 0 aliphatic heterocycles. The molecule has 1 unspecified atom stereocenters. The number of benzene rings is 2. The van der Waals surface area contributed by atoms with Crippen LogP contribution in [0.25, 0.3) is 0 Å². The number of hydrogen-bond donors (Lipinski definition) is 4. The third-order valence-electron chi connectivity index (χ3n) is 5.05. The van der Waals surface area contributed by atoms with Gasteiger partial charge in [0.05, 0.1) is 5.76 Å². The number of carboxylic acids is 1. The largest absolute Gasteiger partial charge is 0.512 e. The molecule has 2 aromatic carbocycles. The van der Waals surface area contributed by atoms with Gasteiger partial charge in [-0.15, -0.1) is 0 Å². The molecule has 1 aliphatic carbocycles. The molecule has 1 aliphatic rings. The lowest BCUT2D eigenvalue weighted by atomic mass is 9.88. The molecule has 35 heavy (non-hydrogen) atoms. The molecule has 11 heteroatoms. The van der Waals surface area contributed by atoms with Crippen molar-refractivity contribution in [2.75, 3.05) is 5.32 Å². The summed E-state index contributed by atoms with van der Waals surface area (Å²) < 4.78 is 0. The topological polar surface area (TPSA) is 128 Å². The van der Waals surface area contributed by atoms with E-state index in [0.29, 0.717) is 15.1 Å². The summed E-state index contributed by atoms with van der Waals surface area (Å²) in [4.78, 5) is 44.6. The zero-order valence-electron chi connectivity index (χ0n) is 18.8. The van der Waals surface area contributed by atoms with Gasteiger partial charge in [0.25, 0.3) is 5.91 Å². The zero-order chi connectivity index (χ0) is 25.8. The standard InChI is InChI=1S/C24H23Cl2N3O6/c1-23(2,28-22(34)27-17-12-15(25)11-16(26)13-17)20(31)29(35-19-8-4-3-5-9-19)24(21(32)33)10-6-7-18(30)14-24/h3-13,30H,14H2,1-2H3,(H,32,33)(H2,27,28,34). The average Bonchev–Trinajstić information content (AvgIpc) is 2.76. The molecular weight excluding hydrogens is 497 g/mol. The Hall–Kier alpha value is -3.69. The number of hydroxylamine groups is 2. The number of hydrogen-bond acceptors (Lipinski definition) is 5. The van der Waals surface area contributed by atoms with Crippen molar-refractivity contribution in [3.8, 4) is 5.75 Å². The van der Waals surface area contributed by atoms with E-state index in [1.54, 1.807) is 18.2 Å². The predicted octanol–water partition coefficient (Wildman–Crippen LogP) is 4.94. The number of nitrogens with one attached hydrogen (secondary N) is 2. The molecule has 0 aromatic heterocycles. The van der Waals surface area contributed by atoms with E-state index < -0.39 is 35.4 Å². The Morgan fingerprint density at radius 1 is 1.09 bits per heavy atom. The Bertz CT molecular complexity index is 1180. The molecule has 0 spiro atoms. The Kier molecular flexibility index (Phi) is 7.62. The summed E-state index contributed by atoms with van der Waals surface area (Å²) in [6.45, 7) is 2.78. The number of anilines is 1. The summed E-state index contributed by atoms with van der Waals surface area (Å²) in [7, 11) is 0. The van der Waals surface area contributed by atoms with E-state index in [2.05, 4.69) is 10.6 Å². The summed E-state index contributed by atoms with van der Waals surface area (Å²) in [5.74, 6) is -2.41. The molecule has 2 aromatic rings. The molecule has 0 bridgehead atoms. The van der Waals surface area contributed by atoms with Crippen molar-refractivity contribution >= 4 is 46.8 Å². The number of carbonyl (C=O) groups excluding carboxylic acids is 2. The molecule has 4 N–H and O–H groups in total. The van der Waals surface area contributed by atoms with Gasteiger partial charge in [-0.25, -0.2) is 9.59 Å². The number of aliphatic carboxylic acids is 1. The molecule has 0 saturated heterocycles. The SMILES string of the molecule is CC(C)(NC(=O)Nc1cc(Cl)cc(Cl)c1)C(=O)N(Oc1ccccc1)C1(C(=O)O)C=CC=C(O)C1. The van der Waals surface area contributed by atoms with E-state index in [4.69, 9.17) is 28.0 Å². The van der Waals surface area contributed by atoms with Crippen LogP contribution >= 0.6 is 23.2 Å². The molecule has 9 nitrogen and oxygen atoms in total. The number of aliphatic hydroxyl groups excluding tert-OH is 1. The third kappa shape index (κ3) is 6.06. The predicted molar refractivity (Wildman–Crippen MR) is 131 cm³/mol. The fourth-order valence-electron chi connectivity index (χ4n) is 3.36. The van der Waals surface area contributed by atoms with Gasteiger partial charge in [0, 0.05) is 22.2 Å². The number of halogens is 2. The second-order valence-corrected chi connectivity index (χ2v) is 9.16. The summed E-state index contributed by atoms with van der Waals surface area (Å²) in [6.07, 6.45) is 3.43. The van der Waals surface area contributed by atoms with Crippen molar-refractivity contribution < 1.29 is 29.4 Å². The van der Waals surface area contributed by atoms with Crippen LogP contribution < -0.4 is 15.5 Å². The minimum atomic E-state index is -2.08. The quantitative estimate of drug-likeness (QED) is 0.383. The van der Waals surface area contributed by atoms with E-state index in [9.17, 15) is 24.6 Å². The average molecular weight is 520 g/mol. The smallest absolute Gasteiger partial charge is 0.337 e. The number of para-hydroxylation sites is 1. The van der Waals surface area contributed by atoms with Crippen LogP contribution in [0.3, 0.4) is 0 Å². The van der Waals surface area contributed by atoms with Gasteiger partial charge in [-0.3, -0.25) is 4.79 Å². The van der Waals surface area contributed by atoms with Gasteiger partial charge < -0.3 is 25.7 Å². The normalized spacial score (nSPS) is 17.2. The number of allylic oxidation sites excluding steroid dienone is 2. The molecule has 3 rings (SSSR count). The maximum absolute atomic E-state index is 13.7. The Morgan fingerprint density at radius 2 is 1.71 bits per heavy atom. The monoisotopic (exact) mass is 519 g/mol. The van der Waals surface area contributed by atoms with Crippen molar-refractivity contribution in [3.63, 3.8) is 0 Å². The van der Waals surface area contributed by atoms with Crippen molar-refractivity contribution in [2.45, 2.75) is 31.3 Å². The van der Waals surface area contributed by atoms with Crippen LogP contribution in [0.4, 0.5) is 10.5 Å². The molecule has 0 radical (unpaired) electrons. The number of nitrogens with zero attached hydrogens (tertiary/aromatic N) is 1. The Labute approximate surface area is 211 Å². The van der Waals surface area contributed by atoms with E-state index in [0.717, 1.165) is 0 Å². The second-order valence-electron chi connectivity index (χ2n) is 8.29. The first-order chi connectivity index (χ1) is 16.4. The van der Waals surface area contributed by atoms with Crippen LogP contribution in [0.15, 0.2) is 72.5 Å². The van der Waals surface area contributed by atoms with Gasteiger partial charge in [-0.1, -0.05) is 47.5 Å². The highest BCUT2D eigenvalue weighted by atomic mass is 35.5. The summed E-state index contributed by atoms with van der Waals surface area (Å²) in [6, 6.07) is 11.7. The first kappa shape index (κ1) is 25.9. The first-order valence-electron chi connectivity index (χ1n) is 10.4. The fourth-order valence-corrected chi connectivity index (χ4v) is 3.88. The molecule has 0 heterocycles. The van der Waals surface area contributed by atoms with Crippen LogP contribution in [-0.2, 0) is 9.59 Å². The van der Waals surface area contributed by atoms with E-state index in [1.165, 1.54) is 62.4 Å². The molecular formula is C24H23Cl2N3O6. The number of aliphatic hydroxyl groups is 1. The van der Waals surface area contributed by atoms with Crippen molar-refractivity contribution in [3.05, 3.63) is 82.6 Å². The van der Waals surface area contributed by atoms with Gasteiger partial charge in [0.15, 0.2) is 5.75 Å². The number of carboxylic acid groups (broad SMARTS) is 1. The molecule has 3 amide bonds.